The van der Waals surface area contributed by atoms with E-state index in [9.17, 15) is 19.2 Å². The van der Waals surface area contributed by atoms with Crippen molar-refractivity contribution in [3.05, 3.63) is 76.8 Å². The number of rotatable bonds is 13. The van der Waals surface area contributed by atoms with Crippen molar-refractivity contribution in [2.75, 3.05) is 26.9 Å². The quantitative estimate of drug-likeness (QED) is 0.174. The van der Waals surface area contributed by atoms with E-state index in [1.54, 1.807) is 55.6 Å². The SMILES string of the molecule is COc1ccc(N=c2oc3ccc(Cl)cc3cc2C(=S)NC(=O)CCOCCCC(=O)CCN2C(=O)C=CC2=O)cc1. The molecule has 0 radical (unpaired) electrons. The van der Waals surface area contributed by atoms with E-state index in [1.807, 2.05) is 0 Å². The minimum atomic E-state index is -0.406. The maximum atomic E-state index is 12.6. The minimum Gasteiger partial charge on any atom is -0.497 e. The molecule has 1 aromatic heterocycles. The lowest BCUT2D eigenvalue weighted by molar-refractivity contribution is -0.137. The molecule has 1 N–H and O–H groups in total. The summed E-state index contributed by atoms with van der Waals surface area (Å²) in [5, 5.41) is 3.91. The average Bonchev–Trinajstić information content (AvgIpc) is 3.30. The number of halogens is 1. The Hall–Kier alpha value is -4.19. The van der Waals surface area contributed by atoms with Crippen molar-refractivity contribution in [1.29, 1.82) is 0 Å². The predicted octanol–water partition coefficient (Wildman–Crippen LogP) is 4.19. The summed E-state index contributed by atoms with van der Waals surface area (Å²) in [6.07, 6.45) is 3.22. The van der Waals surface area contributed by atoms with Crippen LogP contribution < -0.4 is 15.6 Å². The number of nitrogens with zero attached hydrogens (tertiary/aromatic N) is 2. The Bertz CT molecular complexity index is 1600. The van der Waals surface area contributed by atoms with Gasteiger partial charge < -0.3 is 19.2 Å². The Morgan fingerprint density at radius 1 is 1.00 bits per heavy atom. The third-order valence-corrected chi connectivity index (χ3v) is 6.80. The van der Waals surface area contributed by atoms with Crippen LogP contribution in [0.25, 0.3) is 11.0 Å². The Morgan fingerprint density at radius 3 is 2.45 bits per heavy atom. The average molecular weight is 610 g/mol. The fourth-order valence-electron chi connectivity index (χ4n) is 4.03. The maximum Gasteiger partial charge on any atom is 0.253 e. The smallest absolute Gasteiger partial charge is 0.253 e. The topological polar surface area (TPSA) is 128 Å². The fourth-order valence-corrected chi connectivity index (χ4v) is 4.47. The number of Topliss-reactive ketones (excluding diaryl/α,β-unsaturated/α-hetero) is 1. The second kappa shape index (κ2) is 14.6. The van der Waals surface area contributed by atoms with Gasteiger partial charge >= 0.3 is 0 Å². The van der Waals surface area contributed by atoms with E-state index in [1.165, 1.54) is 12.2 Å². The molecule has 0 fully saturated rings. The van der Waals surface area contributed by atoms with E-state index in [0.29, 0.717) is 39.4 Å². The summed E-state index contributed by atoms with van der Waals surface area (Å²) in [5.74, 6) is -0.563. The third kappa shape index (κ3) is 8.41. The highest BCUT2D eigenvalue weighted by atomic mass is 35.5. The number of amides is 3. The summed E-state index contributed by atoms with van der Waals surface area (Å²) in [4.78, 5) is 53.5. The normalized spacial score (nSPS) is 13.2. The first kappa shape index (κ1) is 30.8. The first-order valence-electron chi connectivity index (χ1n) is 13.1. The van der Waals surface area contributed by atoms with Crippen LogP contribution in [0.5, 0.6) is 5.75 Å². The monoisotopic (exact) mass is 609 g/mol. The third-order valence-electron chi connectivity index (χ3n) is 6.24. The molecule has 2 aromatic carbocycles. The predicted molar refractivity (Wildman–Crippen MR) is 159 cm³/mol. The number of thiocarbonyl (C=S) groups is 1. The van der Waals surface area contributed by atoms with Crippen molar-refractivity contribution in [3.63, 3.8) is 0 Å². The van der Waals surface area contributed by atoms with Gasteiger partial charge in [0.2, 0.25) is 11.5 Å². The molecule has 3 amide bonds. The van der Waals surface area contributed by atoms with Gasteiger partial charge in [-0.05, 0) is 55.0 Å². The van der Waals surface area contributed by atoms with Gasteiger partial charge in [0.15, 0.2) is 0 Å². The molecule has 12 heteroatoms. The number of carbonyl (C=O) groups excluding carboxylic acids is 4. The van der Waals surface area contributed by atoms with Crippen LogP contribution in [0.3, 0.4) is 0 Å². The molecule has 0 atom stereocenters. The van der Waals surface area contributed by atoms with E-state index in [4.69, 9.17) is 37.7 Å². The van der Waals surface area contributed by atoms with Crippen LogP contribution in [-0.2, 0) is 23.9 Å². The van der Waals surface area contributed by atoms with E-state index >= 15 is 0 Å². The highest BCUT2D eigenvalue weighted by Gasteiger charge is 2.23. The number of methoxy groups -OCH3 is 1. The van der Waals surface area contributed by atoms with Crippen LogP contribution in [0.1, 0.15) is 31.2 Å². The van der Waals surface area contributed by atoms with Gasteiger partial charge in [-0.15, -0.1) is 0 Å². The van der Waals surface area contributed by atoms with E-state index < -0.39 is 11.8 Å². The molecule has 10 nitrogen and oxygen atoms in total. The zero-order chi connectivity index (χ0) is 30.1. The lowest BCUT2D eigenvalue weighted by Gasteiger charge is -2.12. The summed E-state index contributed by atoms with van der Waals surface area (Å²) >= 11 is 11.7. The van der Waals surface area contributed by atoms with E-state index in [-0.39, 0.29) is 61.3 Å². The number of ketones is 1. The zero-order valence-corrected chi connectivity index (χ0v) is 24.3. The van der Waals surface area contributed by atoms with Crippen molar-refractivity contribution >= 4 is 69.0 Å². The number of ether oxygens (including phenoxy) is 2. The lowest BCUT2D eigenvalue weighted by atomic mass is 10.1. The summed E-state index contributed by atoms with van der Waals surface area (Å²) < 4.78 is 16.7. The number of carbonyl (C=O) groups is 4. The number of nitrogens with one attached hydrogen (secondary N) is 1. The summed E-state index contributed by atoms with van der Waals surface area (Å²) in [5.41, 5.74) is 1.78. The van der Waals surface area contributed by atoms with Gasteiger partial charge in [0.05, 0.1) is 31.4 Å². The van der Waals surface area contributed by atoms with Crippen LogP contribution in [0.15, 0.2) is 70.1 Å². The molecule has 0 aliphatic carbocycles. The number of hydrogen-bond acceptors (Lipinski definition) is 9. The number of fused-ring (bicyclic) bond motifs is 1. The summed E-state index contributed by atoms with van der Waals surface area (Å²) in [7, 11) is 1.58. The van der Waals surface area contributed by atoms with Crippen LogP contribution in [-0.4, -0.2) is 60.3 Å². The minimum absolute atomic E-state index is 0.0434. The van der Waals surface area contributed by atoms with Gasteiger partial charge in [-0.2, -0.15) is 0 Å². The molecule has 0 spiro atoms. The van der Waals surface area contributed by atoms with Gasteiger partial charge in [0.25, 0.3) is 11.8 Å². The molecule has 4 rings (SSSR count). The number of hydrogen-bond donors (Lipinski definition) is 1. The molecule has 1 aliphatic rings. The molecule has 0 unspecified atom stereocenters. The van der Waals surface area contributed by atoms with Gasteiger partial charge in [-0.3, -0.25) is 24.1 Å². The zero-order valence-electron chi connectivity index (χ0n) is 22.8. The molecular weight excluding hydrogens is 582 g/mol. The molecule has 0 saturated carbocycles. The van der Waals surface area contributed by atoms with E-state index in [0.717, 1.165) is 4.90 Å². The molecule has 2 heterocycles. The molecule has 3 aromatic rings. The van der Waals surface area contributed by atoms with Crippen LogP contribution in [0, 0.1) is 0 Å². The molecule has 0 bridgehead atoms. The second-order valence-corrected chi connectivity index (χ2v) is 10.1. The highest BCUT2D eigenvalue weighted by molar-refractivity contribution is 7.80. The summed E-state index contributed by atoms with van der Waals surface area (Å²) in [6, 6.07) is 14.0. The van der Waals surface area contributed by atoms with Crippen molar-refractivity contribution in [2.24, 2.45) is 4.99 Å². The first-order chi connectivity index (χ1) is 20.2. The molecular formula is C30H28ClN3O7S. The second-order valence-electron chi connectivity index (χ2n) is 9.25. The van der Waals surface area contributed by atoms with Gasteiger partial charge in [0, 0.05) is 48.6 Å². The molecule has 1 aliphatic heterocycles. The first-order valence-corrected chi connectivity index (χ1v) is 13.9. The van der Waals surface area contributed by atoms with Gasteiger partial charge in [-0.1, -0.05) is 23.8 Å². The maximum absolute atomic E-state index is 12.6. The Balaban J connectivity index is 1.28. The fraction of sp³-hybridized carbons (Fsp3) is 0.267. The molecule has 0 saturated heterocycles. The van der Waals surface area contributed by atoms with Gasteiger partial charge in [0.1, 0.15) is 22.1 Å². The van der Waals surface area contributed by atoms with Crippen molar-refractivity contribution in [2.45, 2.75) is 25.7 Å². The molecule has 42 heavy (non-hydrogen) atoms. The van der Waals surface area contributed by atoms with Gasteiger partial charge in [-0.25, -0.2) is 4.99 Å². The standard InChI is InChI=1S/C30H28ClN3O7S/c1-39-23-7-5-21(6-8-23)32-29-24(18-19-17-20(31)4-9-25(19)41-29)30(42)33-26(36)13-16-40-15-2-3-22(35)12-14-34-27(37)10-11-28(34)38/h4-11,17-18H,2-3,12-16H2,1H3,(H,33,36,42). The summed E-state index contributed by atoms with van der Waals surface area (Å²) in [6.45, 7) is 0.477. The van der Waals surface area contributed by atoms with Crippen molar-refractivity contribution in [3.8, 4) is 5.75 Å². The Kier molecular flexibility index (Phi) is 10.7. The van der Waals surface area contributed by atoms with Crippen molar-refractivity contribution < 1.29 is 33.1 Å². The number of benzene rings is 2. The highest BCUT2D eigenvalue weighted by Crippen LogP contribution is 2.21. The van der Waals surface area contributed by atoms with Crippen LogP contribution in [0.2, 0.25) is 5.02 Å². The number of imide groups is 1. The Morgan fingerprint density at radius 2 is 1.74 bits per heavy atom. The van der Waals surface area contributed by atoms with Crippen LogP contribution >= 0.6 is 23.8 Å². The largest absolute Gasteiger partial charge is 0.497 e. The lowest BCUT2D eigenvalue weighted by Crippen LogP contribution is -2.33. The Labute approximate surface area is 251 Å². The van der Waals surface area contributed by atoms with E-state index in [2.05, 4.69) is 10.3 Å². The molecule has 218 valence electrons. The van der Waals surface area contributed by atoms with Crippen LogP contribution in [0.4, 0.5) is 5.69 Å². The van der Waals surface area contributed by atoms with Crippen molar-refractivity contribution in [1.82, 2.24) is 10.2 Å².